The zero-order chi connectivity index (χ0) is 15.4. The number of aryl methyl sites for hydroxylation is 2. The van der Waals surface area contributed by atoms with Crippen LogP contribution in [0.15, 0.2) is 42.5 Å². The number of nitro groups is 1. The maximum absolute atomic E-state index is 11.1. The van der Waals surface area contributed by atoms with Crippen molar-refractivity contribution in [2.45, 2.75) is 33.2 Å². The number of benzene rings is 2. The normalized spacial score (nSPS) is 12.0. The molecule has 2 rings (SSSR count). The van der Waals surface area contributed by atoms with E-state index >= 15 is 0 Å². The van der Waals surface area contributed by atoms with Crippen LogP contribution in [-0.4, -0.2) is 4.92 Å². The van der Waals surface area contributed by atoms with Gasteiger partial charge in [0.1, 0.15) is 5.69 Å². The van der Waals surface area contributed by atoms with Gasteiger partial charge in [-0.2, -0.15) is 0 Å². The molecule has 0 bridgehead atoms. The molecule has 0 heterocycles. The first kappa shape index (κ1) is 15.0. The van der Waals surface area contributed by atoms with E-state index in [0.717, 1.165) is 17.5 Å². The molecule has 0 aromatic heterocycles. The molecule has 1 N–H and O–H groups in total. The molecule has 4 nitrogen and oxygen atoms in total. The molecule has 2 aromatic rings. The molecule has 0 aliphatic rings. The number of nitro benzene ring substituents is 1. The first-order valence-corrected chi connectivity index (χ1v) is 7.09. The van der Waals surface area contributed by atoms with Crippen LogP contribution in [0, 0.1) is 24.0 Å². The largest absolute Gasteiger partial charge is 0.373 e. The first-order chi connectivity index (χ1) is 10.0. The Balaban J connectivity index is 2.32. The van der Waals surface area contributed by atoms with Gasteiger partial charge in [-0.25, -0.2) is 0 Å². The van der Waals surface area contributed by atoms with Crippen molar-refractivity contribution in [3.63, 3.8) is 0 Å². The van der Waals surface area contributed by atoms with Crippen LogP contribution in [0.1, 0.15) is 36.1 Å². The third-order valence-corrected chi connectivity index (χ3v) is 3.57. The number of nitrogens with one attached hydrogen (secondary N) is 1. The third-order valence-electron chi connectivity index (χ3n) is 3.57. The SMILES string of the molecule is CCC(Nc1cc(C)ccc1[N+](=O)[O-])c1ccc(C)cc1. The van der Waals surface area contributed by atoms with Crippen LogP contribution in [0.4, 0.5) is 11.4 Å². The first-order valence-electron chi connectivity index (χ1n) is 7.09. The maximum Gasteiger partial charge on any atom is 0.292 e. The Morgan fingerprint density at radius 2 is 1.71 bits per heavy atom. The minimum atomic E-state index is -0.344. The minimum Gasteiger partial charge on any atom is -0.373 e. The molecule has 0 radical (unpaired) electrons. The van der Waals surface area contributed by atoms with Gasteiger partial charge < -0.3 is 5.32 Å². The smallest absolute Gasteiger partial charge is 0.292 e. The fourth-order valence-corrected chi connectivity index (χ4v) is 2.33. The molecular weight excluding hydrogens is 264 g/mol. The Hall–Kier alpha value is -2.36. The summed E-state index contributed by atoms with van der Waals surface area (Å²) in [5.74, 6) is 0. The third kappa shape index (κ3) is 3.60. The van der Waals surface area contributed by atoms with E-state index in [9.17, 15) is 10.1 Å². The molecule has 0 fully saturated rings. The average Bonchev–Trinajstić information content (AvgIpc) is 2.45. The summed E-state index contributed by atoms with van der Waals surface area (Å²) in [5.41, 5.74) is 4.04. The van der Waals surface area contributed by atoms with Crippen LogP contribution >= 0.6 is 0 Å². The van der Waals surface area contributed by atoms with Gasteiger partial charge in [0.2, 0.25) is 0 Å². The summed E-state index contributed by atoms with van der Waals surface area (Å²) in [6, 6.07) is 13.5. The summed E-state index contributed by atoms with van der Waals surface area (Å²) in [4.78, 5) is 10.8. The molecule has 1 unspecified atom stereocenters. The highest BCUT2D eigenvalue weighted by Crippen LogP contribution is 2.30. The van der Waals surface area contributed by atoms with E-state index in [4.69, 9.17) is 0 Å². The van der Waals surface area contributed by atoms with E-state index in [1.807, 2.05) is 19.9 Å². The highest BCUT2D eigenvalue weighted by atomic mass is 16.6. The molecule has 2 aromatic carbocycles. The number of rotatable bonds is 5. The Morgan fingerprint density at radius 1 is 1.10 bits per heavy atom. The van der Waals surface area contributed by atoms with Gasteiger partial charge in [-0.15, -0.1) is 0 Å². The standard InChI is InChI=1S/C17H20N2O2/c1-4-15(14-8-5-12(2)6-9-14)18-16-11-13(3)7-10-17(16)19(20)21/h5-11,15,18H,4H2,1-3H3. The number of hydrogen-bond donors (Lipinski definition) is 1. The predicted octanol–water partition coefficient (Wildman–Crippen LogP) is 4.77. The second-order valence-corrected chi connectivity index (χ2v) is 5.29. The van der Waals surface area contributed by atoms with Crippen LogP contribution in [0.25, 0.3) is 0 Å². The van der Waals surface area contributed by atoms with Gasteiger partial charge in [-0.05, 0) is 37.5 Å². The highest BCUT2D eigenvalue weighted by molar-refractivity contribution is 5.63. The lowest BCUT2D eigenvalue weighted by atomic mass is 10.0. The van der Waals surface area contributed by atoms with Gasteiger partial charge in [-0.3, -0.25) is 10.1 Å². The van der Waals surface area contributed by atoms with E-state index in [-0.39, 0.29) is 16.7 Å². The van der Waals surface area contributed by atoms with Crippen molar-refractivity contribution < 1.29 is 4.92 Å². The van der Waals surface area contributed by atoms with Crippen LogP contribution in [-0.2, 0) is 0 Å². The van der Waals surface area contributed by atoms with Gasteiger partial charge >= 0.3 is 0 Å². The summed E-state index contributed by atoms with van der Waals surface area (Å²) in [7, 11) is 0. The number of nitrogens with zero attached hydrogens (tertiary/aromatic N) is 1. The van der Waals surface area contributed by atoms with Crippen LogP contribution < -0.4 is 5.32 Å². The van der Waals surface area contributed by atoms with Crippen molar-refractivity contribution in [3.05, 3.63) is 69.3 Å². The van der Waals surface area contributed by atoms with Gasteiger partial charge in [0.05, 0.1) is 11.0 Å². The van der Waals surface area contributed by atoms with E-state index < -0.39 is 0 Å². The fraction of sp³-hybridized carbons (Fsp3) is 0.294. The lowest BCUT2D eigenvalue weighted by molar-refractivity contribution is -0.384. The van der Waals surface area contributed by atoms with Crippen molar-refractivity contribution >= 4 is 11.4 Å². The molecule has 0 aliphatic heterocycles. The van der Waals surface area contributed by atoms with Gasteiger partial charge in [-0.1, -0.05) is 42.8 Å². The topological polar surface area (TPSA) is 55.2 Å². The summed E-state index contributed by atoms with van der Waals surface area (Å²) in [6.07, 6.45) is 0.855. The molecule has 0 amide bonds. The van der Waals surface area contributed by atoms with E-state index in [1.54, 1.807) is 12.1 Å². The zero-order valence-corrected chi connectivity index (χ0v) is 12.6. The summed E-state index contributed by atoms with van der Waals surface area (Å²) in [5, 5.41) is 14.5. The molecule has 21 heavy (non-hydrogen) atoms. The Morgan fingerprint density at radius 3 is 2.29 bits per heavy atom. The quantitative estimate of drug-likeness (QED) is 0.635. The summed E-state index contributed by atoms with van der Waals surface area (Å²) in [6.45, 7) is 6.05. The zero-order valence-electron chi connectivity index (χ0n) is 12.6. The fourth-order valence-electron chi connectivity index (χ4n) is 2.33. The Labute approximate surface area is 125 Å². The second kappa shape index (κ2) is 6.39. The lowest BCUT2D eigenvalue weighted by Crippen LogP contribution is -2.11. The van der Waals surface area contributed by atoms with Crippen LogP contribution in [0.2, 0.25) is 0 Å². The van der Waals surface area contributed by atoms with Crippen molar-refractivity contribution in [3.8, 4) is 0 Å². The van der Waals surface area contributed by atoms with Gasteiger partial charge in [0.15, 0.2) is 0 Å². The minimum absolute atomic E-state index is 0.0612. The average molecular weight is 284 g/mol. The van der Waals surface area contributed by atoms with Crippen molar-refractivity contribution in [1.29, 1.82) is 0 Å². The van der Waals surface area contributed by atoms with Crippen molar-refractivity contribution in [2.75, 3.05) is 5.32 Å². The number of hydrogen-bond acceptors (Lipinski definition) is 3. The van der Waals surface area contributed by atoms with E-state index in [1.165, 1.54) is 5.56 Å². The Kier molecular flexibility index (Phi) is 4.58. The molecule has 1 atom stereocenters. The van der Waals surface area contributed by atoms with Crippen LogP contribution in [0.3, 0.4) is 0 Å². The van der Waals surface area contributed by atoms with Gasteiger partial charge in [0, 0.05) is 6.07 Å². The molecule has 0 saturated heterocycles. The molecule has 0 aliphatic carbocycles. The monoisotopic (exact) mass is 284 g/mol. The highest BCUT2D eigenvalue weighted by Gasteiger charge is 2.17. The van der Waals surface area contributed by atoms with Gasteiger partial charge in [0.25, 0.3) is 5.69 Å². The van der Waals surface area contributed by atoms with E-state index in [0.29, 0.717) is 5.69 Å². The second-order valence-electron chi connectivity index (χ2n) is 5.29. The molecule has 4 heteroatoms. The van der Waals surface area contributed by atoms with Crippen LogP contribution in [0.5, 0.6) is 0 Å². The summed E-state index contributed by atoms with van der Waals surface area (Å²) >= 11 is 0. The molecular formula is C17H20N2O2. The molecule has 0 spiro atoms. The van der Waals surface area contributed by atoms with Crippen molar-refractivity contribution in [1.82, 2.24) is 0 Å². The predicted molar refractivity (Wildman–Crippen MR) is 85.7 cm³/mol. The molecule has 0 saturated carbocycles. The maximum atomic E-state index is 11.1. The lowest BCUT2D eigenvalue weighted by Gasteiger charge is -2.19. The number of anilines is 1. The van der Waals surface area contributed by atoms with E-state index in [2.05, 4.69) is 36.5 Å². The summed E-state index contributed by atoms with van der Waals surface area (Å²) < 4.78 is 0. The Bertz CT molecular complexity index is 636. The van der Waals surface area contributed by atoms with Crippen molar-refractivity contribution in [2.24, 2.45) is 0 Å². The molecule has 110 valence electrons.